The van der Waals surface area contributed by atoms with Crippen LogP contribution in [0.5, 0.6) is 0 Å². The minimum atomic E-state index is -0.544. The lowest BCUT2D eigenvalue weighted by atomic mass is 9.98. The predicted molar refractivity (Wildman–Crippen MR) is 84.7 cm³/mol. The molecule has 0 radical (unpaired) electrons. The van der Waals surface area contributed by atoms with E-state index < -0.39 is 5.92 Å². The highest BCUT2D eigenvalue weighted by molar-refractivity contribution is 5.96. The molecule has 0 aliphatic heterocycles. The number of aromatic amines is 1. The third kappa shape index (κ3) is 3.57. The van der Waals surface area contributed by atoms with Gasteiger partial charge in [-0.25, -0.2) is 0 Å². The third-order valence-corrected chi connectivity index (χ3v) is 3.56. The normalized spacial score (nSPS) is 11.9. The zero-order valence-corrected chi connectivity index (χ0v) is 12.6. The van der Waals surface area contributed by atoms with Crippen molar-refractivity contribution < 1.29 is 4.79 Å². The maximum Gasteiger partial charge on any atom is 0.235 e. The molecule has 2 heterocycles. The first-order chi connectivity index (χ1) is 11.2. The number of H-pyrrole nitrogens is 1. The highest BCUT2D eigenvalue weighted by atomic mass is 16.1. The number of amides is 1. The van der Waals surface area contributed by atoms with Crippen LogP contribution in [0.4, 0.5) is 5.69 Å². The molecule has 0 aliphatic carbocycles. The quantitative estimate of drug-likeness (QED) is 0.750. The summed E-state index contributed by atoms with van der Waals surface area (Å²) in [6.45, 7) is 1.94. The van der Waals surface area contributed by atoms with Crippen LogP contribution >= 0.6 is 0 Å². The maximum atomic E-state index is 12.7. The number of nitrogens with one attached hydrogen (secondary N) is 2. The molecule has 1 atom stereocenters. The fourth-order valence-electron chi connectivity index (χ4n) is 2.31. The number of tetrazole rings is 1. The van der Waals surface area contributed by atoms with Gasteiger partial charge in [0.05, 0.1) is 0 Å². The van der Waals surface area contributed by atoms with E-state index in [2.05, 4.69) is 30.9 Å². The number of aryl methyl sites for hydroxylation is 1. The van der Waals surface area contributed by atoms with E-state index in [0.717, 1.165) is 16.8 Å². The molecular formula is C16H16N6O. The second kappa shape index (κ2) is 6.78. The molecule has 0 fully saturated rings. The first kappa shape index (κ1) is 14.8. The molecule has 116 valence electrons. The van der Waals surface area contributed by atoms with Gasteiger partial charge in [-0.2, -0.15) is 5.21 Å². The molecule has 2 N–H and O–H groups in total. The van der Waals surface area contributed by atoms with Crippen molar-refractivity contribution in [1.29, 1.82) is 0 Å². The summed E-state index contributed by atoms with van der Waals surface area (Å²) in [4.78, 5) is 16.8. The van der Waals surface area contributed by atoms with Crippen molar-refractivity contribution in [2.45, 2.75) is 19.3 Å². The fourth-order valence-corrected chi connectivity index (χ4v) is 2.31. The van der Waals surface area contributed by atoms with E-state index in [0.29, 0.717) is 12.2 Å². The van der Waals surface area contributed by atoms with Crippen molar-refractivity contribution in [2.24, 2.45) is 0 Å². The van der Waals surface area contributed by atoms with E-state index in [9.17, 15) is 4.79 Å². The molecule has 0 aliphatic rings. The van der Waals surface area contributed by atoms with Crippen LogP contribution in [0.15, 0.2) is 48.8 Å². The monoisotopic (exact) mass is 308 g/mol. The first-order valence-corrected chi connectivity index (χ1v) is 7.23. The average molecular weight is 308 g/mol. The average Bonchev–Trinajstić information content (AvgIpc) is 3.10. The van der Waals surface area contributed by atoms with Crippen molar-refractivity contribution in [2.75, 3.05) is 5.32 Å². The third-order valence-electron chi connectivity index (χ3n) is 3.56. The Labute approximate surface area is 133 Å². The van der Waals surface area contributed by atoms with Crippen LogP contribution in [-0.4, -0.2) is 31.5 Å². The maximum absolute atomic E-state index is 12.7. The van der Waals surface area contributed by atoms with Crippen molar-refractivity contribution in [3.05, 3.63) is 65.7 Å². The van der Waals surface area contributed by atoms with Crippen molar-refractivity contribution in [1.82, 2.24) is 25.6 Å². The first-order valence-electron chi connectivity index (χ1n) is 7.23. The summed E-state index contributed by atoms with van der Waals surface area (Å²) in [5.41, 5.74) is 2.70. The van der Waals surface area contributed by atoms with Gasteiger partial charge in [0.2, 0.25) is 5.91 Å². The molecule has 0 saturated heterocycles. The standard InChI is InChI=1S/C16H16N6O/c1-11-5-2-3-7-14(11)18-16(23)13(15-19-21-22-20-15)9-12-6-4-8-17-10-12/h2-8,10,13H,9H2,1H3,(H,18,23)(H,19,20,21,22)/t13-/m1/s1. The summed E-state index contributed by atoms with van der Waals surface area (Å²) in [6, 6.07) is 11.4. The molecule has 0 bridgehead atoms. The Morgan fingerprint density at radius 1 is 1.26 bits per heavy atom. The molecule has 3 rings (SSSR count). The molecule has 1 aromatic carbocycles. The molecule has 23 heavy (non-hydrogen) atoms. The Balaban J connectivity index is 1.83. The molecule has 3 aromatic rings. The van der Waals surface area contributed by atoms with Crippen LogP contribution in [-0.2, 0) is 11.2 Å². The van der Waals surface area contributed by atoms with Crippen molar-refractivity contribution >= 4 is 11.6 Å². The minimum absolute atomic E-state index is 0.176. The van der Waals surface area contributed by atoms with Crippen LogP contribution in [0.25, 0.3) is 0 Å². The second-order valence-electron chi connectivity index (χ2n) is 5.19. The number of nitrogens with zero attached hydrogens (tertiary/aromatic N) is 4. The lowest BCUT2D eigenvalue weighted by Crippen LogP contribution is -2.24. The van der Waals surface area contributed by atoms with E-state index in [1.807, 2.05) is 43.3 Å². The van der Waals surface area contributed by atoms with Crippen LogP contribution in [0.2, 0.25) is 0 Å². The second-order valence-corrected chi connectivity index (χ2v) is 5.19. The Kier molecular flexibility index (Phi) is 4.37. The number of hydrogen-bond donors (Lipinski definition) is 2. The van der Waals surface area contributed by atoms with Gasteiger partial charge in [0, 0.05) is 18.1 Å². The smallest absolute Gasteiger partial charge is 0.235 e. The van der Waals surface area contributed by atoms with Gasteiger partial charge in [0.1, 0.15) is 5.92 Å². The highest BCUT2D eigenvalue weighted by Gasteiger charge is 2.25. The van der Waals surface area contributed by atoms with Crippen molar-refractivity contribution in [3.63, 3.8) is 0 Å². The summed E-state index contributed by atoms with van der Waals surface area (Å²) >= 11 is 0. The van der Waals surface area contributed by atoms with Crippen LogP contribution in [0, 0.1) is 6.92 Å². The lowest BCUT2D eigenvalue weighted by molar-refractivity contribution is -0.117. The summed E-state index contributed by atoms with van der Waals surface area (Å²) in [6.07, 6.45) is 3.87. The van der Waals surface area contributed by atoms with E-state index >= 15 is 0 Å². The van der Waals surface area contributed by atoms with E-state index in [-0.39, 0.29) is 5.91 Å². The van der Waals surface area contributed by atoms with Crippen molar-refractivity contribution in [3.8, 4) is 0 Å². The Bertz CT molecular complexity index is 772. The number of rotatable bonds is 5. The van der Waals surface area contributed by atoms with Crippen LogP contribution < -0.4 is 5.32 Å². The number of para-hydroxylation sites is 1. The molecule has 1 amide bonds. The number of hydrogen-bond acceptors (Lipinski definition) is 5. The van der Waals surface area contributed by atoms with Gasteiger partial charge in [-0.15, -0.1) is 10.2 Å². The Hall–Kier alpha value is -3.09. The molecule has 7 nitrogen and oxygen atoms in total. The molecule has 0 spiro atoms. The summed E-state index contributed by atoms with van der Waals surface area (Å²) in [5, 5.41) is 16.8. The van der Waals surface area contributed by atoms with Gasteiger partial charge >= 0.3 is 0 Å². The van der Waals surface area contributed by atoms with Gasteiger partial charge in [-0.3, -0.25) is 9.78 Å². The number of carbonyl (C=O) groups excluding carboxylic acids is 1. The number of aromatic nitrogens is 5. The summed E-state index contributed by atoms with van der Waals surface area (Å²) in [5.74, 6) is -0.359. The van der Waals surface area contributed by atoms with E-state index in [1.54, 1.807) is 12.4 Å². The molecular weight excluding hydrogens is 292 g/mol. The molecule has 0 saturated carbocycles. The largest absolute Gasteiger partial charge is 0.325 e. The molecule has 7 heteroatoms. The van der Waals surface area contributed by atoms with E-state index in [4.69, 9.17) is 0 Å². The number of benzene rings is 1. The van der Waals surface area contributed by atoms with Gasteiger partial charge in [0.25, 0.3) is 0 Å². The summed E-state index contributed by atoms with van der Waals surface area (Å²) in [7, 11) is 0. The van der Waals surface area contributed by atoms with Crippen LogP contribution in [0.1, 0.15) is 22.9 Å². The highest BCUT2D eigenvalue weighted by Crippen LogP contribution is 2.21. The minimum Gasteiger partial charge on any atom is -0.325 e. The number of pyridine rings is 1. The van der Waals surface area contributed by atoms with Gasteiger partial charge < -0.3 is 5.32 Å². The zero-order chi connectivity index (χ0) is 16.1. The number of carbonyl (C=O) groups is 1. The Morgan fingerprint density at radius 2 is 2.13 bits per heavy atom. The van der Waals surface area contributed by atoms with Gasteiger partial charge in [-0.1, -0.05) is 29.5 Å². The van der Waals surface area contributed by atoms with Gasteiger partial charge in [0.15, 0.2) is 5.82 Å². The molecule has 0 unspecified atom stereocenters. The summed E-state index contributed by atoms with van der Waals surface area (Å²) < 4.78 is 0. The molecule has 2 aromatic heterocycles. The van der Waals surface area contributed by atoms with Crippen LogP contribution in [0.3, 0.4) is 0 Å². The van der Waals surface area contributed by atoms with Gasteiger partial charge in [-0.05, 0) is 36.6 Å². The fraction of sp³-hybridized carbons (Fsp3) is 0.188. The SMILES string of the molecule is Cc1ccccc1NC(=O)[C@H](Cc1cccnc1)c1nn[nH]n1. The van der Waals surface area contributed by atoms with E-state index in [1.165, 1.54) is 0 Å². The Morgan fingerprint density at radius 3 is 2.83 bits per heavy atom. The zero-order valence-electron chi connectivity index (χ0n) is 12.6. The topological polar surface area (TPSA) is 96.5 Å². The lowest BCUT2D eigenvalue weighted by Gasteiger charge is -2.14. The number of anilines is 1. The predicted octanol–water partition coefficient (Wildman–Crippen LogP) is 1.87.